The standard InChI is InChI=1S/C17H16Cl2O4/c1-9-4-5-12-11(6-13(20)23-14(12)10(9)2)7-22-15(21)16(3)8-17(16,18)19/h4-6H,7-8H2,1-3H3. The minimum Gasteiger partial charge on any atom is -0.460 e. The SMILES string of the molecule is Cc1ccc2c(COC(=O)C3(C)CC3(Cl)Cl)cc(=O)oc2c1C. The van der Waals surface area contributed by atoms with Crippen LogP contribution >= 0.6 is 23.2 Å². The zero-order valence-electron chi connectivity index (χ0n) is 13.0. The molecule has 1 aromatic carbocycles. The molecule has 1 heterocycles. The summed E-state index contributed by atoms with van der Waals surface area (Å²) < 4.78 is 9.56. The van der Waals surface area contributed by atoms with Gasteiger partial charge in [-0.15, -0.1) is 23.2 Å². The molecule has 1 aliphatic rings. The number of carbonyl (C=O) groups is 1. The summed E-state index contributed by atoms with van der Waals surface area (Å²) in [5.41, 5.74) is 1.67. The van der Waals surface area contributed by atoms with E-state index < -0.39 is 21.3 Å². The number of rotatable bonds is 3. The van der Waals surface area contributed by atoms with Crippen molar-refractivity contribution in [1.29, 1.82) is 0 Å². The third-order valence-electron chi connectivity index (χ3n) is 4.58. The molecule has 2 aromatic rings. The summed E-state index contributed by atoms with van der Waals surface area (Å²) in [6.45, 7) is 5.47. The van der Waals surface area contributed by atoms with E-state index in [1.54, 1.807) is 6.92 Å². The Morgan fingerprint density at radius 3 is 2.61 bits per heavy atom. The van der Waals surface area contributed by atoms with E-state index in [0.717, 1.165) is 16.5 Å². The molecule has 6 heteroatoms. The summed E-state index contributed by atoms with van der Waals surface area (Å²) in [4.78, 5) is 23.9. The fourth-order valence-corrected chi connectivity index (χ4v) is 3.26. The number of alkyl halides is 2. The molecular weight excluding hydrogens is 339 g/mol. The van der Waals surface area contributed by atoms with Gasteiger partial charge in [0, 0.05) is 23.4 Å². The lowest BCUT2D eigenvalue weighted by Gasteiger charge is -2.13. The number of hydrogen-bond donors (Lipinski definition) is 0. The van der Waals surface area contributed by atoms with Crippen LogP contribution in [0.5, 0.6) is 0 Å². The Balaban J connectivity index is 1.91. The number of halogens is 2. The number of fused-ring (bicyclic) bond motifs is 1. The molecule has 0 saturated heterocycles. The lowest BCUT2D eigenvalue weighted by Crippen LogP contribution is -2.21. The monoisotopic (exact) mass is 354 g/mol. The van der Waals surface area contributed by atoms with Gasteiger partial charge in [-0.1, -0.05) is 12.1 Å². The molecule has 3 rings (SSSR count). The largest absolute Gasteiger partial charge is 0.460 e. The molecular formula is C17H16Cl2O4. The Bertz CT molecular complexity index is 869. The fraction of sp³-hybridized carbons (Fsp3) is 0.412. The molecule has 122 valence electrons. The first kappa shape index (κ1) is 16.3. The van der Waals surface area contributed by atoms with Crippen LogP contribution in [0.25, 0.3) is 11.0 Å². The highest BCUT2D eigenvalue weighted by molar-refractivity contribution is 6.53. The van der Waals surface area contributed by atoms with Crippen LogP contribution in [-0.4, -0.2) is 10.3 Å². The van der Waals surface area contributed by atoms with E-state index in [1.807, 2.05) is 26.0 Å². The second-order valence-corrected chi connectivity index (χ2v) is 7.75. The second-order valence-electron chi connectivity index (χ2n) is 6.26. The van der Waals surface area contributed by atoms with Crippen LogP contribution in [0.4, 0.5) is 0 Å². The Morgan fingerprint density at radius 2 is 2.00 bits per heavy atom. The fourth-order valence-electron chi connectivity index (χ4n) is 2.57. The van der Waals surface area contributed by atoms with Gasteiger partial charge in [0.2, 0.25) is 0 Å². The van der Waals surface area contributed by atoms with Gasteiger partial charge < -0.3 is 9.15 Å². The molecule has 4 nitrogen and oxygen atoms in total. The first-order valence-corrected chi connectivity index (χ1v) is 7.99. The Kier molecular flexibility index (Phi) is 3.73. The molecule has 0 bridgehead atoms. The number of aryl methyl sites for hydroxylation is 2. The van der Waals surface area contributed by atoms with Crippen LogP contribution in [0.3, 0.4) is 0 Å². The first-order valence-electron chi connectivity index (χ1n) is 7.24. The van der Waals surface area contributed by atoms with Crippen LogP contribution in [0.2, 0.25) is 0 Å². The van der Waals surface area contributed by atoms with Gasteiger partial charge in [-0.3, -0.25) is 4.79 Å². The molecule has 0 N–H and O–H groups in total. The molecule has 0 aliphatic heterocycles. The average Bonchev–Trinajstić information content (AvgIpc) is 3.00. The van der Waals surface area contributed by atoms with Gasteiger partial charge in [0.25, 0.3) is 0 Å². The summed E-state index contributed by atoms with van der Waals surface area (Å²) in [5.74, 6) is -0.465. The molecule has 1 aliphatic carbocycles. The van der Waals surface area contributed by atoms with Crippen LogP contribution in [0.15, 0.2) is 27.4 Å². The molecule has 1 saturated carbocycles. The quantitative estimate of drug-likeness (QED) is 0.474. The van der Waals surface area contributed by atoms with Crippen LogP contribution in [0, 0.1) is 19.3 Å². The molecule has 0 amide bonds. The summed E-state index contributed by atoms with van der Waals surface area (Å²) in [6, 6.07) is 5.14. The Morgan fingerprint density at radius 1 is 1.35 bits per heavy atom. The van der Waals surface area contributed by atoms with E-state index in [4.69, 9.17) is 32.4 Å². The van der Waals surface area contributed by atoms with Crippen molar-refractivity contribution in [3.63, 3.8) is 0 Å². The van der Waals surface area contributed by atoms with Gasteiger partial charge in [-0.05, 0) is 31.9 Å². The summed E-state index contributed by atoms with van der Waals surface area (Å²) in [6.07, 6.45) is 0.359. The lowest BCUT2D eigenvalue weighted by molar-refractivity contribution is -0.150. The number of benzene rings is 1. The van der Waals surface area contributed by atoms with Crippen molar-refractivity contribution in [2.24, 2.45) is 5.41 Å². The van der Waals surface area contributed by atoms with E-state index in [2.05, 4.69) is 0 Å². The van der Waals surface area contributed by atoms with Gasteiger partial charge in [0.1, 0.15) is 21.9 Å². The Labute approximate surface area is 143 Å². The maximum atomic E-state index is 12.2. The number of carbonyl (C=O) groups excluding carboxylic acids is 1. The van der Waals surface area contributed by atoms with Gasteiger partial charge >= 0.3 is 11.6 Å². The number of ether oxygens (including phenoxy) is 1. The normalized spacial score (nSPS) is 22.1. The van der Waals surface area contributed by atoms with E-state index in [0.29, 0.717) is 17.6 Å². The minimum absolute atomic E-state index is 0.0249. The number of hydrogen-bond acceptors (Lipinski definition) is 4. The molecule has 0 spiro atoms. The van der Waals surface area contributed by atoms with Crippen LogP contribution < -0.4 is 5.63 Å². The molecule has 1 fully saturated rings. The van der Waals surface area contributed by atoms with E-state index in [-0.39, 0.29) is 6.61 Å². The van der Waals surface area contributed by atoms with Crippen LogP contribution in [0.1, 0.15) is 30.0 Å². The topological polar surface area (TPSA) is 56.5 Å². The van der Waals surface area contributed by atoms with Gasteiger partial charge in [0.15, 0.2) is 0 Å². The smallest absolute Gasteiger partial charge is 0.336 e. The molecule has 1 unspecified atom stereocenters. The molecule has 1 atom stereocenters. The maximum Gasteiger partial charge on any atom is 0.336 e. The number of esters is 1. The third kappa shape index (κ3) is 2.64. The van der Waals surface area contributed by atoms with Crippen molar-refractivity contribution in [3.05, 3.63) is 45.3 Å². The van der Waals surface area contributed by atoms with Crippen LogP contribution in [-0.2, 0) is 16.1 Å². The van der Waals surface area contributed by atoms with Crippen molar-refractivity contribution in [2.75, 3.05) is 0 Å². The molecule has 1 aromatic heterocycles. The van der Waals surface area contributed by atoms with Crippen molar-refractivity contribution in [3.8, 4) is 0 Å². The lowest BCUT2D eigenvalue weighted by atomic mass is 10.0. The first-order chi connectivity index (χ1) is 10.7. The van der Waals surface area contributed by atoms with E-state index in [1.165, 1.54) is 6.07 Å². The minimum atomic E-state index is -1.07. The zero-order valence-corrected chi connectivity index (χ0v) is 14.5. The van der Waals surface area contributed by atoms with E-state index in [9.17, 15) is 9.59 Å². The van der Waals surface area contributed by atoms with Gasteiger partial charge in [0.05, 0.1) is 0 Å². The summed E-state index contributed by atoms with van der Waals surface area (Å²) >= 11 is 12.0. The highest BCUT2D eigenvalue weighted by Gasteiger charge is 2.69. The van der Waals surface area contributed by atoms with Crippen molar-refractivity contribution in [2.45, 2.75) is 38.1 Å². The molecule has 0 radical (unpaired) electrons. The third-order valence-corrected chi connectivity index (χ3v) is 5.69. The van der Waals surface area contributed by atoms with Crippen molar-refractivity contribution >= 4 is 40.1 Å². The highest BCUT2D eigenvalue weighted by Crippen LogP contribution is 2.64. The molecule has 23 heavy (non-hydrogen) atoms. The zero-order chi connectivity index (χ0) is 17.0. The van der Waals surface area contributed by atoms with E-state index >= 15 is 0 Å². The Hall–Kier alpha value is -1.52. The summed E-state index contributed by atoms with van der Waals surface area (Å²) in [7, 11) is 0. The van der Waals surface area contributed by atoms with Gasteiger partial charge in [-0.2, -0.15) is 0 Å². The maximum absolute atomic E-state index is 12.2. The average molecular weight is 355 g/mol. The van der Waals surface area contributed by atoms with Crippen molar-refractivity contribution in [1.82, 2.24) is 0 Å². The predicted molar refractivity (Wildman–Crippen MR) is 88.9 cm³/mol. The second kappa shape index (κ2) is 5.25. The predicted octanol–water partition coefficient (Wildman–Crippen LogP) is 4.04. The van der Waals surface area contributed by atoms with Gasteiger partial charge in [-0.25, -0.2) is 4.79 Å². The summed E-state index contributed by atoms with van der Waals surface area (Å²) in [5, 5.41) is 0.754. The highest BCUT2D eigenvalue weighted by atomic mass is 35.5. The van der Waals surface area contributed by atoms with Crippen molar-refractivity contribution < 1.29 is 13.9 Å².